The van der Waals surface area contributed by atoms with Gasteiger partial charge in [0.2, 0.25) is 0 Å². The molecule has 5 nitrogen and oxygen atoms in total. The molecule has 0 aliphatic rings. The number of non-ortho nitro benzene ring substituents is 1. The van der Waals surface area contributed by atoms with Crippen molar-refractivity contribution in [3.8, 4) is 0 Å². The molecule has 0 saturated heterocycles. The SMILES string of the molecule is CN(Cc1ccsc1)C(=O)c1cc([N+](=O)[O-])ccc1Cl. The van der Waals surface area contributed by atoms with E-state index >= 15 is 0 Å². The number of carbonyl (C=O) groups is 1. The van der Waals surface area contributed by atoms with Crippen LogP contribution >= 0.6 is 22.9 Å². The maximum Gasteiger partial charge on any atom is 0.270 e. The highest BCUT2D eigenvalue weighted by Gasteiger charge is 2.19. The summed E-state index contributed by atoms with van der Waals surface area (Å²) in [7, 11) is 1.63. The molecule has 1 amide bonds. The molecule has 0 fully saturated rings. The number of rotatable bonds is 4. The number of nitrogens with zero attached hydrogens (tertiary/aromatic N) is 2. The Kier molecular flexibility index (Phi) is 4.36. The van der Waals surface area contributed by atoms with E-state index in [-0.39, 0.29) is 22.2 Å². The van der Waals surface area contributed by atoms with E-state index in [1.54, 1.807) is 18.4 Å². The van der Waals surface area contributed by atoms with Crippen LogP contribution in [0.3, 0.4) is 0 Å². The van der Waals surface area contributed by atoms with Crippen LogP contribution < -0.4 is 0 Å². The number of amides is 1. The van der Waals surface area contributed by atoms with Gasteiger partial charge in [-0.2, -0.15) is 11.3 Å². The lowest BCUT2D eigenvalue weighted by atomic mass is 10.1. The van der Waals surface area contributed by atoms with Gasteiger partial charge < -0.3 is 4.90 Å². The van der Waals surface area contributed by atoms with E-state index in [4.69, 9.17) is 11.6 Å². The molecule has 1 heterocycles. The van der Waals surface area contributed by atoms with Crippen LogP contribution in [0.2, 0.25) is 5.02 Å². The summed E-state index contributed by atoms with van der Waals surface area (Å²) >= 11 is 7.50. The van der Waals surface area contributed by atoms with Gasteiger partial charge >= 0.3 is 0 Å². The third kappa shape index (κ3) is 3.15. The molecule has 0 spiro atoms. The van der Waals surface area contributed by atoms with Crippen LogP contribution in [0.15, 0.2) is 35.0 Å². The van der Waals surface area contributed by atoms with Crippen LogP contribution in [0.25, 0.3) is 0 Å². The zero-order valence-corrected chi connectivity index (χ0v) is 12.1. The van der Waals surface area contributed by atoms with Crippen LogP contribution in [0.5, 0.6) is 0 Å². The minimum absolute atomic E-state index is 0.138. The molecule has 0 N–H and O–H groups in total. The fourth-order valence-electron chi connectivity index (χ4n) is 1.72. The summed E-state index contributed by atoms with van der Waals surface area (Å²) in [5, 5.41) is 14.8. The second-order valence-electron chi connectivity index (χ2n) is 4.21. The monoisotopic (exact) mass is 310 g/mol. The maximum atomic E-state index is 12.3. The van der Waals surface area contributed by atoms with Gasteiger partial charge in [-0.05, 0) is 28.5 Å². The van der Waals surface area contributed by atoms with Crippen molar-refractivity contribution in [2.24, 2.45) is 0 Å². The first kappa shape index (κ1) is 14.5. The zero-order valence-electron chi connectivity index (χ0n) is 10.6. The van der Waals surface area contributed by atoms with Crippen LogP contribution in [-0.2, 0) is 6.54 Å². The topological polar surface area (TPSA) is 63.5 Å². The second-order valence-corrected chi connectivity index (χ2v) is 5.40. The normalized spacial score (nSPS) is 10.3. The molecule has 7 heteroatoms. The van der Waals surface area contributed by atoms with E-state index in [1.807, 2.05) is 16.8 Å². The molecule has 2 rings (SSSR count). The summed E-state index contributed by atoms with van der Waals surface area (Å²) in [6, 6.07) is 5.77. The third-order valence-electron chi connectivity index (χ3n) is 2.74. The first-order valence-electron chi connectivity index (χ1n) is 5.69. The largest absolute Gasteiger partial charge is 0.337 e. The average Bonchev–Trinajstić information content (AvgIpc) is 2.91. The molecule has 0 aliphatic carbocycles. The van der Waals surface area contributed by atoms with E-state index in [0.29, 0.717) is 6.54 Å². The molecule has 0 atom stereocenters. The van der Waals surface area contributed by atoms with Crippen LogP contribution in [-0.4, -0.2) is 22.8 Å². The van der Waals surface area contributed by atoms with Gasteiger partial charge in [-0.3, -0.25) is 14.9 Å². The number of hydrogen-bond acceptors (Lipinski definition) is 4. The molecule has 0 saturated carbocycles. The van der Waals surface area contributed by atoms with Crippen molar-refractivity contribution >= 4 is 34.5 Å². The van der Waals surface area contributed by atoms with E-state index in [9.17, 15) is 14.9 Å². The molecule has 1 aromatic carbocycles. The Hall–Kier alpha value is -1.92. The summed E-state index contributed by atoms with van der Waals surface area (Å²) in [6.45, 7) is 0.432. The minimum atomic E-state index is -0.550. The standard InChI is InChI=1S/C13H11ClN2O3S/c1-15(7-9-4-5-20-8-9)13(17)11-6-10(16(18)19)2-3-12(11)14/h2-6,8H,7H2,1H3. The summed E-state index contributed by atoms with van der Waals surface area (Å²) in [6.07, 6.45) is 0. The first-order chi connectivity index (χ1) is 9.49. The summed E-state index contributed by atoms with van der Waals surface area (Å²) in [5.74, 6) is -0.343. The molecule has 2 aromatic rings. The smallest absolute Gasteiger partial charge is 0.270 e. The van der Waals surface area contributed by atoms with Gasteiger partial charge in [0.25, 0.3) is 11.6 Å². The predicted molar refractivity (Wildman–Crippen MR) is 78.2 cm³/mol. The molecule has 20 heavy (non-hydrogen) atoms. The quantitative estimate of drug-likeness (QED) is 0.640. The Morgan fingerprint density at radius 1 is 1.45 bits per heavy atom. The summed E-state index contributed by atoms with van der Waals surface area (Å²) < 4.78 is 0. The van der Waals surface area contributed by atoms with E-state index in [2.05, 4.69) is 0 Å². The predicted octanol–water partition coefficient (Wildman–Crippen LogP) is 3.58. The average molecular weight is 311 g/mol. The van der Waals surface area contributed by atoms with Gasteiger partial charge in [-0.1, -0.05) is 11.6 Å². The number of benzene rings is 1. The Morgan fingerprint density at radius 2 is 2.20 bits per heavy atom. The van der Waals surface area contributed by atoms with Crippen LogP contribution in [0.4, 0.5) is 5.69 Å². The number of thiophene rings is 1. The van der Waals surface area contributed by atoms with Crippen LogP contribution in [0, 0.1) is 10.1 Å². The maximum absolute atomic E-state index is 12.3. The molecular formula is C13H11ClN2O3S. The number of hydrogen-bond donors (Lipinski definition) is 0. The van der Waals surface area contributed by atoms with Gasteiger partial charge in [-0.15, -0.1) is 0 Å². The van der Waals surface area contributed by atoms with Gasteiger partial charge in [0.15, 0.2) is 0 Å². The van der Waals surface area contributed by atoms with Crippen molar-refractivity contribution in [2.75, 3.05) is 7.05 Å². The fraction of sp³-hybridized carbons (Fsp3) is 0.154. The van der Waals surface area contributed by atoms with Crippen molar-refractivity contribution in [2.45, 2.75) is 6.54 Å². The number of nitro benzene ring substituents is 1. The Morgan fingerprint density at radius 3 is 2.80 bits per heavy atom. The van der Waals surface area contributed by atoms with Crippen molar-refractivity contribution < 1.29 is 9.72 Å². The first-order valence-corrected chi connectivity index (χ1v) is 7.01. The molecule has 104 valence electrons. The van der Waals surface area contributed by atoms with Crippen molar-refractivity contribution in [1.82, 2.24) is 4.90 Å². The van der Waals surface area contributed by atoms with Crippen molar-refractivity contribution in [3.05, 3.63) is 61.3 Å². The molecule has 0 radical (unpaired) electrons. The van der Waals surface area contributed by atoms with Gasteiger partial charge in [-0.25, -0.2) is 0 Å². The van der Waals surface area contributed by atoms with E-state index < -0.39 is 4.92 Å². The number of carbonyl (C=O) groups excluding carboxylic acids is 1. The molecule has 0 bridgehead atoms. The second kappa shape index (κ2) is 6.02. The lowest BCUT2D eigenvalue weighted by molar-refractivity contribution is -0.384. The van der Waals surface area contributed by atoms with Gasteiger partial charge in [0.1, 0.15) is 0 Å². The van der Waals surface area contributed by atoms with Gasteiger partial charge in [0, 0.05) is 25.7 Å². The minimum Gasteiger partial charge on any atom is -0.337 e. The van der Waals surface area contributed by atoms with Crippen molar-refractivity contribution in [1.29, 1.82) is 0 Å². The number of nitro groups is 1. The molecule has 0 aliphatic heterocycles. The number of halogens is 1. The molecular weight excluding hydrogens is 300 g/mol. The van der Waals surface area contributed by atoms with E-state index in [0.717, 1.165) is 5.56 Å². The fourth-order valence-corrected chi connectivity index (χ4v) is 2.58. The molecule has 1 aromatic heterocycles. The van der Waals surface area contributed by atoms with Crippen LogP contribution in [0.1, 0.15) is 15.9 Å². The summed E-state index contributed by atoms with van der Waals surface area (Å²) in [5.41, 5.74) is 0.993. The highest BCUT2D eigenvalue weighted by molar-refractivity contribution is 7.07. The highest BCUT2D eigenvalue weighted by Crippen LogP contribution is 2.23. The van der Waals surface area contributed by atoms with Gasteiger partial charge in [0.05, 0.1) is 15.5 Å². The Labute approximate surface area is 124 Å². The highest BCUT2D eigenvalue weighted by atomic mass is 35.5. The zero-order chi connectivity index (χ0) is 14.7. The third-order valence-corrected chi connectivity index (χ3v) is 3.80. The summed E-state index contributed by atoms with van der Waals surface area (Å²) in [4.78, 5) is 24.0. The molecule has 0 unspecified atom stereocenters. The Balaban J connectivity index is 2.23. The lowest BCUT2D eigenvalue weighted by Gasteiger charge is -2.17. The van der Waals surface area contributed by atoms with E-state index in [1.165, 1.54) is 23.1 Å². The Bertz CT molecular complexity index is 643. The lowest BCUT2D eigenvalue weighted by Crippen LogP contribution is -2.26. The van der Waals surface area contributed by atoms with Crippen molar-refractivity contribution in [3.63, 3.8) is 0 Å².